The summed E-state index contributed by atoms with van der Waals surface area (Å²) in [6.45, 7) is 1.67. The summed E-state index contributed by atoms with van der Waals surface area (Å²) in [5.74, 6) is -1.41. The van der Waals surface area contributed by atoms with Crippen LogP contribution in [0.15, 0.2) is 77.3 Å². The number of aliphatic hydroxyl groups is 1. The number of benzene rings is 2. The number of amides is 1. The molecule has 2 aromatic carbocycles. The van der Waals surface area contributed by atoms with Crippen LogP contribution >= 0.6 is 11.6 Å². The molecular weight excluding hydrogens is 350 g/mol. The highest BCUT2D eigenvalue weighted by Gasteiger charge is 2.35. The van der Waals surface area contributed by atoms with Crippen LogP contribution in [-0.4, -0.2) is 11.0 Å². The van der Waals surface area contributed by atoms with Crippen molar-refractivity contribution in [3.63, 3.8) is 0 Å². The van der Waals surface area contributed by atoms with E-state index in [1.807, 2.05) is 24.3 Å². The Labute approximate surface area is 156 Å². The SMILES string of the molecule is CC1=C(C(=O)Nc2ccccc2)C(c2ccccc2Cl)C(C#N)=C(O)N1. The highest BCUT2D eigenvalue weighted by molar-refractivity contribution is 6.31. The highest BCUT2D eigenvalue weighted by atomic mass is 35.5. The van der Waals surface area contributed by atoms with Crippen molar-refractivity contribution in [1.29, 1.82) is 5.26 Å². The summed E-state index contributed by atoms with van der Waals surface area (Å²) in [6, 6.07) is 18.0. The van der Waals surface area contributed by atoms with Crippen LogP contribution in [0.2, 0.25) is 5.02 Å². The topological polar surface area (TPSA) is 85.2 Å². The largest absolute Gasteiger partial charge is 0.494 e. The van der Waals surface area contributed by atoms with Gasteiger partial charge in [0.1, 0.15) is 11.6 Å². The Morgan fingerprint density at radius 2 is 1.85 bits per heavy atom. The second kappa shape index (κ2) is 7.34. The number of nitriles is 1. The van der Waals surface area contributed by atoms with Gasteiger partial charge in [-0.15, -0.1) is 0 Å². The van der Waals surface area contributed by atoms with Crippen molar-refractivity contribution in [3.8, 4) is 6.07 Å². The van der Waals surface area contributed by atoms with Gasteiger partial charge in [0.2, 0.25) is 5.88 Å². The molecule has 130 valence electrons. The average Bonchev–Trinajstić information content (AvgIpc) is 2.62. The Kier molecular flexibility index (Phi) is 4.97. The molecule has 6 heteroatoms. The summed E-state index contributed by atoms with van der Waals surface area (Å²) in [5.41, 5.74) is 2.04. The molecule has 26 heavy (non-hydrogen) atoms. The number of dihydropyridines is 1. The molecule has 2 aromatic rings. The summed E-state index contributed by atoms with van der Waals surface area (Å²) in [6.07, 6.45) is 0. The lowest BCUT2D eigenvalue weighted by Gasteiger charge is -2.28. The molecule has 1 amide bonds. The Balaban J connectivity index is 2.09. The zero-order valence-corrected chi connectivity index (χ0v) is 14.7. The molecule has 0 saturated heterocycles. The second-order valence-electron chi connectivity index (χ2n) is 5.81. The van der Waals surface area contributed by atoms with Gasteiger partial charge in [0.15, 0.2) is 0 Å². The summed E-state index contributed by atoms with van der Waals surface area (Å²) in [4.78, 5) is 13.0. The molecule has 1 heterocycles. The lowest BCUT2D eigenvalue weighted by atomic mass is 9.81. The molecule has 3 N–H and O–H groups in total. The van der Waals surface area contributed by atoms with E-state index in [0.29, 0.717) is 27.5 Å². The summed E-state index contributed by atoms with van der Waals surface area (Å²) >= 11 is 6.32. The molecule has 0 aromatic heterocycles. The molecule has 0 spiro atoms. The van der Waals surface area contributed by atoms with Crippen LogP contribution < -0.4 is 10.6 Å². The van der Waals surface area contributed by atoms with Crippen molar-refractivity contribution in [2.45, 2.75) is 12.8 Å². The minimum Gasteiger partial charge on any atom is -0.494 e. The third-order valence-corrected chi connectivity index (χ3v) is 4.50. The van der Waals surface area contributed by atoms with Crippen molar-refractivity contribution in [1.82, 2.24) is 5.32 Å². The molecular formula is C20H16ClN3O2. The van der Waals surface area contributed by atoms with E-state index in [4.69, 9.17) is 11.6 Å². The molecule has 0 bridgehead atoms. The average molecular weight is 366 g/mol. The number of allylic oxidation sites excluding steroid dienone is 2. The number of hydrogen-bond donors (Lipinski definition) is 3. The molecule has 1 aliphatic rings. The molecule has 0 aliphatic carbocycles. The first-order valence-corrected chi connectivity index (χ1v) is 8.32. The van der Waals surface area contributed by atoms with Gasteiger partial charge >= 0.3 is 0 Å². The van der Waals surface area contributed by atoms with Crippen LogP contribution in [-0.2, 0) is 4.79 Å². The maximum Gasteiger partial charge on any atom is 0.254 e. The maximum absolute atomic E-state index is 13.0. The number of carbonyl (C=O) groups is 1. The van der Waals surface area contributed by atoms with Crippen molar-refractivity contribution < 1.29 is 9.90 Å². The number of carbonyl (C=O) groups excluding carboxylic acids is 1. The quantitative estimate of drug-likeness (QED) is 0.759. The number of aliphatic hydroxyl groups excluding tert-OH is 1. The molecule has 1 atom stereocenters. The number of halogens is 1. The first kappa shape index (κ1) is 17.6. The number of anilines is 1. The van der Waals surface area contributed by atoms with E-state index in [1.54, 1.807) is 43.3 Å². The van der Waals surface area contributed by atoms with E-state index in [-0.39, 0.29) is 17.4 Å². The van der Waals surface area contributed by atoms with Crippen LogP contribution in [0, 0.1) is 11.3 Å². The van der Waals surface area contributed by atoms with Gasteiger partial charge in [0, 0.05) is 22.0 Å². The van der Waals surface area contributed by atoms with E-state index in [1.165, 1.54) is 0 Å². The zero-order valence-electron chi connectivity index (χ0n) is 14.0. The van der Waals surface area contributed by atoms with Crippen LogP contribution in [0.1, 0.15) is 18.4 Å². The fourth-order valence-electron chi connectivity index (χ4n) is 2.97. The van der Waals surface area contributed by atoms with Gasteiger partial charge in [-0.1, -0.05) is 48.0 Å². The standard InChI is InChI=1S/C20H16ClN3O2/c1-12-17(20(26)24-13-7-3-2-4-8-13)18(15(11-22)19(25)23-12)14-9-5-6-10-16(14)21/h2-10,18,23,25H,1H3,(H,24,26). The highest BCUT2D eigenvalue weighted by Crippen LogP contribution is 2.40. The molecule has 3 rings (SSSR count). The maximum atomic E-state index is 13.0. The third kappa shape index (κ3) is 3.28. The van der Waals surface area contributed by atoms with Crippen LogP contribution in [0.4, 0.5) is 5.69 Å². The summed E-state index contributed by atoms with van der Waals surface area (Å²) in [7, 11) is 0. The predicted molar refractivity (Wildman–Crippen MR) is 100 cm³/mol. The summed E-state index contributed by atoms with van der Waals surface area (Å²) in [5, 5.41) is 25.7. The van der Waals surface area contributed by atoms with E-state index in [0.717, 1.165) is 0 Å². The Hall–Kier alpha value is -3.23. The normalized spacial score (nSPS) is 16.7. The Morgan fingerprint density at radius 3 is 2.50 bits per heavy atom. The van der Waals surface area contributed by atoms with Crippen molar-refractivity contribution >= 4 is 23.2 Å². The van der Waals surface area contributed by atoms with E-state index >= 15 is 0 Å². The lowest BCUT2D eigenvalue weighted by molar-refractivity contribution is -0.113. The molecule has 0 fully saturated rings. The number of nitrogens with one attached hydrogen (secondary N) is 2. The fraction of sp³-hybridized carbons (Fsp3) is 0.100. The van der Waals surface area contributed by atoms with Gasteiger partial charge in [0.05, 0.1) is 5.92 Å². The minimum atomic E-state index is -0.765. The van der Waals surface area contributed by atoms with Gasteiger partial charge in [-0.3, -0.25) is 4.79 Å². The number of rotatable bonds is 3. The van der Waals surface area contributed by atoms with E-state index in [2.05, 4.69) is 10.6 Å². The first-order chi connectivity index (χ1) is 12.5. The van der Waals surface area contributed by atoms with Gasteiger partial charge < -0.3 is 15.7 Å². The Morgan fingerprint density at radius 1 is 1.19 bits per heavy atom. The van der Waals surface area contributed by atoms with E-state index in [9.17, 15) is 15.2 Å². The van der Waals surface area contributed by atoms with Crippen LogP contribution in [0.5, 0.6) is 0 Å². The predicted octanol–water partition coefficient (Wildman–Crippen LogP) is 4.23. The number of para-hydroxylation sites is 1. The van der Waals surface area contributed by atoms with Crippen LogP contribution in [0.3, 0.4) is 0 Å². The minimum absolute atomic E-state index is 0.0434. The molecule has 0 saturated carbocycles. The van der Waals surface area contributed by atoms with Crippen molar-refractivity contribution in [2.75, 3.05) is 5.32 Å². The monoisotopic (exact) mass is 365 g/mol. The van der Waals surface area contributed by atoms with Crippen molar-refractivity contribution in [3.05, 3.63) is 87.9 Å². The van der Waals surface area contributed by atoms with Gasteiger partial charge in [-0.05, 0) is 30.7 Å². The lowest BCUT2D eigenvalue weighted by Crippen LogP contribution is -2.31. The molecule has 0 radical (unpaired) electrons. The van der Waals surface area contributed by atoms with Gasteiger partial charge in [-0.25, -0.2) is 0 Å². The Bertz CT molecular complexity index is 959. The molecule has 1 aliphatic heterocycles. The van der Waals surface area contributed by atoms with Gasteiger partial charge in [-0.2, -0.15) is 5.26 Å². The van der Waals surface area contributed by atoms with Gasteiger partial charge in [0.25, 0.3) is 5.91 Å². The van der Waals surface area contributed by atoms with E-state index < -0.39 is 5.92 Å². The smallest absolute Gasteiger partial charge is 0.254 e. The number of hydrogen-bond acceptors (Lipinski definition) is 4. The van der Waals surface area contributed by atoms with Crippen molar-refractivity contribution in [2.24, 2.45) is 0 Å². The summed E-state index contributed by atoms with van der Waals surface area (Å²) < 4.78 is 0. The van der Waals surface area contributed by atoms with Crippen LogP contribution in [0.25, 0.3) is 0 Å². The third-order valence-electron chi connectivity index (χ3n) is 4.16. The zero-order chi connectivity index (χ0) is 18.7. The number of nitrogens with zero attached hydrogens (tertiary/aromatic N) is 1. The molecule has 1 unspecified atom stereocenters. The molecule has 5 nitrogen and oxygen atoms in total. The fourth-order valence-corrected chi connectivity index (χ4v) is 3.21. The second-order valence-corrected chi connectivity index (χ2v) is 6.22. The first-order valence-electron chi connectivity index (χ1n) is 7.94.